The Balaban J connectivity index is 2.10. The van der Waals surface area contributed by atoms with Gasteiger partial charge in [-0.3, -0.25) is 0 Å². The molecular formula is C14H19NO2. The van der Waals surface area contributed by atoms with E-state index < -0.39 is 0 Å². The SMILES string of the molecule is COc1ccc(/C=C/[C@@H]2CCCN2)cc1OC. The lowest BCUT2D eigenvalue weighted by atomic mass is 10.1. The highest BCUT2D eigenvalue weighted by atomic mass is 16.5. The summed E-state index contributed by atoms with van der Waals surface area (Å²) in [4.78, 5) is 0. The van der Waals surface area contributed by atoms with Crippen LogP contribution >= 0.6 is 0 Å². The molecule has 92 valence electrons. The first kappa shape index (κ1) is 12.0. The van der Waals surface area contributed by atoms with E-state index in [4.69, 9.17) is 9.47 Å². The number of hydrogen-bond donors (Lipinski definition) is 1. The Morgan fingerprint density at radius 2 is 2.06 bits per heavy atom. The van der Waals surface area contributed by atoms with Crippen LogP contribution in [0.15, 0.2) is 24.3 Å². The minimum Gasteiger partial charge on any atom is -0.493 e. The average molecular weight is 233 g/mol. The summed E-state index contributed by atoms with van der Waals surface area (Å²) in [5.74, 6) is 1.54. The number of ether oxygens (including phenoxy) is 2. The Kier molecular flexibility index (Phi) is 4.04. The number of nitrogens with one attached hydrogen (secondary N) is 1. The molecule has 0 amide bonds. The van der Waals surface area contributed by atoms with E-state index in [1.165, 1.54) is 12.8 Å². The van der Waals surface area contributed by atoms with Crippen molar-refractivity contribution in [1.82, 2.24) is 5.32 Å². The van der Waals surface area contributed by atoms with Crippen molar-refractivity contribution in [3.8, 4) is 11.5 Å². The fourth-order valence-corrected chi connectivity index (χ4v) is 2.06. The molecule has 1 aromatic carbocycles. The summed E-state index contributed by atoms with van der Waals surface area (Å²) in [5.41, 5.74) is 1.14. The van der Waals surface area contributed by atoms with Gasteiger partial charge in [0.15, 0.2) is 11.5 Å². The largest absolute Gasteiger partial charge is 0.493 e. The van der Waals surface area contributed by atoms with Crippen LogP contribution in [0.25, 0.3) is 6.08 Å². The molecule has 0 bridgehead atoms. The molecule has 0 unspecified atom stereocenters. The van der Waals surface area contributed by atoms with Gasteiger partial charge in [-0.25, -0.2) is 0 Å². The Morgan fingerprint density at radius 1 is 1.24 bits per heavy atom. The van der Waals surface area contributed by atoms with Crippen LogP contribution in [0.3, 0.4) is 0 Å². The second-order valence-electron chi connectivity index (χ2n) is 4.18. The smallest absolute Gasteiger partial charge is 0.161 e. The van der Waals surface area contributed by atoms with E-state index in [0.717, 1.165) is 23.6 Å². The predicted molar refractivity (Wildman–Crippen MR) is 69.6 cm³/mol. The highest BCUT2D eigenvalue weighted by Gasteiger charge is 2.10. The minimum absolute atomic E-state index is 0.517. The molecule has 0 spiro atoms. The Labute approximate surface area is 102 Å². The second-order valence-corrected chi connectivity index (χ2v) is 4.18. The van der Waals surface area contributed by atoms with Crippen LogP contribution in [-0.2, 0) is 0 Å². The molecule has 0 saturated carbocycles. The van der Waals surface area contributed by atoms with Crippen molar-refractivity contribution in [2.45, 2.75) is 18.9 Å². The number of rotatable bonds is 4. The maximum absolute atomic E-state index is 5.27. The molecule has 1 aliphatic rings. The summed E-state index contributed by atoms with van der Waals surface area (Å²) in [6, 6.07) is 6.47. The summed E-state index contributed by atoms with van der Waals surface area (Å²) < 4.78 is 10.5. The predicted octanol–water partition coefficient (Wildman–Crippen LogP) is 2.47. The van der Waals surface area contributed by atoms with E-state index in [1.807, 2.05) is 18.2 Å². The lowest BCUT2D eigenvalue weighted by molar-refractivity contribution is 0.355. The third kappa shape index (κ3) is 3.01. The van der Waals surface area contributed by atoms with Crippen LogP contribution in [0.1, 0.15) is 18.4 Å². The van der Waals surface area contributed by atoms with Crippen molar-refractivity contribution in [3.05, 3.63) is 29.8 Å². The first-order valence-electron chi connectivity index (χ1n) is 5.97. The molecular weight excluding hydrogens is 214 g/mol. The summed E-state index contributed by atoms with van der Waals surface area (Å²) in [6.45, 7) is 1.13. The van der Waals surface area contributed by atoms with Gasteiger partial charge in [-0.1, -0.05) is 18.2 Å². The van der Waals surface area contributed by atoms with E-state index in [9.17, 15) is 0 Å². The zero-order chi connectivity index (χ0) is 12.1. The van der Waals surface area contributed by atoms with Crippen LogP contribution in [0.2, 0.25) is 0 Å². The highest BCUT2D eigenvalue weighted by Crippen LogP contribution is 2.28. The Morgan fingerprint density at radius 3 is 2.71 bits per heavy atom. The third-order valence-electron chi connectivity index (χ3n) is 3.03. The molecule has 1 heterocycles. The summed E-state index contributed by atoms with van der Waals surface area (Å²) in [6.07, 6.45) is 6.84. The van der Waals surface area contributed by atoms with Gasteiger partial charge >= 0.3 is 0 Å². The molecule has 1 atom stereocenters. The van der Waals surface area contributed by atoms with Crippen molar-refractivity contribution in [3.63, 3.8) is 0 Å². The summed E-state index contributed by atoms with van der Waals surface area (Å²) in [5, 5.41) is 3.44. The van der Waals surface area contributed by atoms with Gasteiger partial charge in [-0.05, 0) is 37.1 Å². The van der Waals surface area contributed by atoms with E-state index in [-0.39, 0.29) is 0 Å². The van der Waals surface area contributed by atoms with Crippen molar-refractivity contribution in [2.75, 3.05) is 20.8 Å². The van der Waals surface area contributed by atoms with Gasteiger partial charge in [0.2, 0.25) is 0 Å². The van der Waals surface area contributed by atoms with E-state index in [2.05, 4.69) is 17.5 Å². The lowest BCUT2D eigenvalue weighted by Crippen LogP contribution is -2.17. The van der Waals surface area contributed by atoms with E-state index in [1.54, 1.807) is 14.2 Å². The number of hydrogen-bond acceptors (Lipinski definition) is 3. The molecule has 3 heteroatoms. The van der Waals surface area contributed by atoms with Gasteiger partial charge in [0.25, 0.3) is 0 Å². The first-order valence-corrected chi connectivity index (χ1v) is 5.97. The molecule has 17 heavy (non-hydrogen) atoms. The van der Waals surface area contributed by atoms with E-state index >= 15 is 0 Å². The van der Waals surface area contributed by atoms with E-state index in [0.29, 0.717) is 6.04 Å². The van der Waals surface area contributed by atoms with Gasteiger partial charge in [-0.2, -0.15) is 0 Å². The normalized spacial score (nSPS) is 19.8. The van der Waals surface area contributed by atoms with Crippen LogP contribution in [0.5, 0.6) is 11.5 Å². The maximum atomic E-state index is 5.27. The monoisotopic (exact) mass is 233 g/mol. The topological polar surface area (TPSA) is 30.5 Å². The van der Waals surface area contributed by atoms with Crippen molar-refractivity contribution in [1.29, 1.82) is 0 Å². The molecule has 1 aliphatic heterocycles. The van der Waals surface area contributed by atoms with Crippen molar-refractivity contribution >= 4 is 6.08 Å². The fraction of sp³-hybridized carbons (Fsp3) is 0.429. The zero-order valence-corrected chi connectivity index (χ0v) is 10.4. The molecule has 1 saturated heterocycles. The molecule has 3 nitrogen and oxygen atoms in total. The van der Waals surface area contributed by atoms with Gasteiger partial charge in [-0.15, -0.1) is 0 Å². The van der Waals surface area contributed by atoms with Crippen LogP contribution in [0, 0.1) is 0 Å². The van der Waals surface area contributed by atoms with Gasteiger partial charge < -0.3 is 14.8 Å². The molecule has 1 N–H and O–H groups in total. The zero-order valence-electron chi connectivity index (χ0n) is 10.4. The van der Waals surface area contributed by atoms with Gasteiger partial charge in [0.1, 0.15) is 0 Å². The summed E-state index contributed by atoms with van der Waals surface area (Å²) >= 11 is 0. The Bertz CT molecular complexity index is 395. The molecule has 0 aromatic heterocycles. The van der Waals surface area contributed by atoms with Gasteiger partial charge in [0.05, 0.1) is 14.2 Å². The van der Waals surface area contributed by atoms with Gasteiger partial charge in [0, 0.05) is 6.04 Å². The number of methoxy groups -OCH3 is 2. The maximum Gasteiger partial charge on any atom is 0.161 e. The van der Waals surface area contributed by atoms with Crippen LogP contribution in [-0.4, -0.2) is 26.8 Å². The molecule has 0 radical (unpaired) electrons. The standard InChI is InChI=1S/C14H19NO2/c1-16-13-8-6-11(10-14(13)17-2)5-7-12-4-3-9-15-12/h5-8,10,12,15H,3-4,9H2,1-2H3/b7-5+/t12-/m0/s1. The second kappa shape index (κ2) is 5.73. The first-order chi connectivity index (χ1) is 8.33. The molecule has 1 aromatic rings. The number of benzene rings is 1. The average Bonchev–Trinajstić information content (AvgIpc) is 2.89. The highest BCUT2D eigenvalue weighted by molar-refractivity contribution is 5.56. The van der Waals surface area contributed by atoms with Crippen LogP contribution in [0.4, 0.5) is 0 Å². The quantitative estimate of drug-likeness (QED) is 0.866. The Hall–Kier alpha value is -1.48. The van der Waals surface area contributed by atoms with Crippen molar-refractivity contribution in [2.24, 2.45) is 0 Å². The summed E-state index contributed by atoms with van der Waals surface area (Å²) in [7, 11) is 3.31. The minimum atomic E-state index is 0.517. The molecule has 0 aliphatic carbocycles. The molecule has 1 fully saturated rings. The third-order valence-corrected chi connectivity index (χ3v) is 3.03. The lowest BCUT2D eigenvalue weighted by Gasteiger charge is -2.08. The van der Waals surface area contributed by atoms with Crippen molar-refractivity contribution < 1.29 is 9.47 Å². The van der Waals surface area contributed by atoms with Crippen LogP contribution < -0.4 is 14.8 Å². The fourth-order valence-electron chi connectivity index (χ4n) is 2.06. The molecule has 2 rings (SSSR count).